The van der Waals surface area contributed by atoms with Gasteiger partial charge in [-0.3, -0.25) is 0 Å². The van der Waals surface area contributed by atoms with E-state index >= 15 is 0 Å². The van der Waals surface area contributed by atoms with Gasteiger partial charge in [0.25, 0.3) is 0 Å². The Morgan fingerprint density at radius 3 is 2.67 bits per heavy atom. The first-order chi connectivity index (χ1) is 11.3. The predicted octanol–water partition coefficient (Wildman–Crippen LogP) is 3.13. The Kier molecular flexibility index (Phi) is 6.29. The van der Waals surface area contributed by atoms with E-state index in [4.69, 9.17) is 9.47 Å². The third-order valence-electron chi connectivity index (χ3n) is 4.06. The summed E-state index contributed by atoms with van der Waals surface area (Å²) >= 11 is 0. The van der Waals surface area contributed by atoms with Gasteiger partial charge in [0.15, 0.2) is 6.20 Å². The molecule has 0 radical (unpaired) electrons. The van der Waals surface area contributed by atoms with Crippen molar-refractivity contribution in [2.75, 3.05) is 19.7 Å². The number of likely N-dealkylation sites (tertiary alicyclic amines) is 1. The van der Waals surface area contributed by atoms with Gasteiger partial charge in [-0.2, -0.15) is 0 Å². The fourth-order valence-corrected chi connectivity index (χ4v) is 2.80. The number of pyridine rings is 1. The first kappa shape index (κ1) is 18.4. The minimum Gasteiger partial charge on any atom is -0.616 e. The third-order valence-corrected chi connectivity index (χ3v) is 4.06. The molecule has 1 aliphatic heterocycles. The van der Waals surface area contributed by atoms with E-state index in [9.17, 15) is 10.0 Å². The number of ether oxygens (including phenoxy) is 2. The number of piperidine rings is 1. The lowest BCUT2D eigenvalue weighted by Gasteiger charge is -2.33. The SMILES string of the molecule is CC(C)(C)OC(=O)N1CCC(CCCOc2cccc[n+]2[O-])CC1. The van der Waals surface area contributed by atoms with Crippen molar-refractivity contribution in [2.24, 2.45) is 5.92 Å². The summed E-state index contributed by atoms with van der Waals surface area (Å²) in [6.45, 7) is 7.69. The molecule has 0 N–H and O–H groups in total. The van der Waals surface area contributed by atoms with Crippen molar-refractivity contribution in [2.45, 2.75) is 52.1 Å². The molecule has 0 atom stereocenters. The Hall–Kier alpha value is -1.98. The van der Waals surface area contributed by atoms with Crippen LogP contribution in [-0.4, -0.2) is 36.3 Å². The number of aromatic nitrogens is 1. The molecule has 0 spiro atoms. The predicted molar refractivity (Wildman–Crippen MR) is 90.7 cm³/mol. The summed E-state index contributed by atoms with van der Waals surface area (Å²) in [5, 5.41) is 11.5. The molecular formula is C18H28N2O4. The molecule has 1 aliphatic rings. The number of hydrogen-bond donors (Lipinski definition) is 0. The van der Waals surface area contributed by atoms with E-state index in [0.717, 1.165) is 43.5 Å². The average molecular weight is 336 g/mol. The van der Waals surface area contributed by atoms with Gasteiger partial charge in [0.1, 0.15) is 5.60 Å². The smallest absolute Gasteiger partial charge is 0.410 e. The second kappa shape index (κ2) is 8.22. The summed E-state index contributed by atoms with van der Waals surface area (Å²) in [6.07, 6.45) is 5.16. The molecule has 134 valence electrons. The maximum absolute atomic E-state index is 12.0. The van der Waals surface area contributed by atoms with Gasteiger partial charge in [0.2, 0.25) is 0 Å². The summed E-state index contributed by atoms with van der Waals surface area (Å²) in [5.74, 6) is 0.944. The second-order valence-electron chi connectivity index (χ2n) is 7.27. The van der Waals surface area contributed by atoms with Gasteiger partial charge < -0.3 is 19.6 Å². The number of hydrogen-bond acceptors (Lipinski definition) is 4. The van der Waals surface area contributed by atoms with Gasteiger partial charge in [-0.15, -0.1) is 4.73 Å². The molecule has 0 unspecified atom stereocenters. The second-order valence-corrected chi connectivity index (χ2v) is 7.27. The minimum absolute atomic E-state index is 0.214. The standard InChI is InChI=1S/C18H28N2O4/c1-18(2,3)24-17(21)19-12-9-15(10-13-19)7-6-14-23-16-8-4-5-11-20(16)22/h4-5,8,11,15H,6-7,9-10,12-14H2,1-3H3. The monoisotopic (exact) mass is 336 g/mol. The molecule has 0 saturated carbocycles. The Morgan fingerprint density at radius 1 is 1.33 bits per heavy atom. The highest BCUT2D eigenvalue weighted by atomic mass is 16.6. The molecule has 0 bridgehead atoms. The maximum Gasteiger partial charge on any atom is 0.410 e. The number of amides is 1. The van der Waals surface area contributed by atoms with Gasteiger partial charge in [-0.25, -0.2) is 4.79 Å². The van der Waals surface area contributed by atoms with Gasteiger partial charge in [0.05, 0.1) is 12.7 Å². The van der Waals surface area contributed by atoms with Crippen LogP contribution in [-0.2, 0) is 4.74 Å². The van der Waals surface area contributed by atoms with Crippen molar-refractivity contribution >= 4 is 6.09 Å². The van der Waals surface area contributed by atoms with Crippen molar-refractivity contribution in [3.05, 3.63) is 29.6 Å². The number of carbonyl (C=O) groups is 1. The van der Waals surface area contributed by atoms with Crippen LogP contribution in [0.25, 0.3) is 0 Å². The van der Waals surface area contributed by atoms with Crippen LogP contribution in [0.4, 0.5) is 4.79 Å². The quantitative estimate of drug-likeness (QED) is 0.471. The van der Waals surface area contributed by atoms with Gasteiger partial charge in [-0.1, -0.05) is 0 Å². The fourth-order valence-electron chi connectivity index (χ4n) is 2.80. The number of carbonyl (C=O) groups excluding carboxylic acids is 1. The van der Waals surface area contributed by atoms with Crippen molar-refractivity contribution in [3.8, 4) is 5.88 Å². The van der Waals surface area contributed by atoms with E-state index in [1.165, 1.54) is 6.20 Å². The highest BCUT2D eigenvalue weighted by Gasteiger charge is 2.26. The minimum atomic E-state index is -0.443. The Labute approximate surface area is 143 Å². The Balaban J connectivity index is 1.63. The summed E-state index contributed by atoms with van der Waals surface area (Å²) < 4.78 is 11.6. The van der Waals surface area contributed by atoms with E-state index in [2.05, 4.69) is 0 Å². The summed E-state index contributed by atoms with van der Waals surface area (Å²) in [6, 6.07) is 5.14. The molecule has 6 heteroatoms. The van der Waals surface area contributed by atoms with Crippen molar-refractivity contribution in [3.63, 3.8) is 0 Å². The summed E-state index contributed by atoms with van der Waals surface area (Å²) in [7, 11) is 0. The largest absolute Gasteiger partial charge is 0.616 e. The van der Waals surface area contributed by atoms with Crippen LogP contribution in [0.1, 0.15) is 46.5 Å². The molecule has 1 aromatic rings. The van der Waals surface area contributed by atoms with E-state index in [0.29, 0.717) is 18.4 Å². The van der Waals surface area contributed by atoms with Crippen LogP contribution >= 0.6 is 0 Å². The molecule has 24 heavy (non-hydrogen) atoms. The lowest BCUT2D eigenvalue weighted by Crippen LogP contribution is -2.41. The summed E-state index contributed by atoms with van der Waals surface area (Å²) in [5.41, 5.74) is -0.443. The lowest BCUT2D eigenvalue weighted by atomic mass is 9.92. The molecular weight excluding hydrogens is 308 g/mol. The number of nitrogens with zero attached hydrogens (tertiary/aromatic N) is 2. The Morgan fingerprint density at radius 2 is 2.04 bits per heavy atom. The van der Waals surface area contributed by atoms with Crippen LogP contribution in [0.2, 0.25) is 0 Å². The fraction of sp³-hybridized carbons (Fsp3) is 0.667. The van der Waals surface area contributed by atoms with Crippen LogP contribution in [0.3, 0.4) is 0 Å². The topological polar surface area (TPSA) is 65.7 Å². The molecule has 2 heterocycles. The lowest BCUT2D eigenvalue weighted by molar-refractivity contribution is -0.612. The average Bonchev–Trinajstić information content (AvgIpc) is 2.52. The van der Waals surface area contributed by atoms with Gasteiger partial charge in [-0.05, 0) is 58.4 Å². The molecule has 0 aliphatic carbocycles. The van der Waals surface area contributed by atoms with E-state index in [1.807, 2.05) is 20.8 Å². The maximum atomic E-state index is 12.0. The van der Waals surface area contributed by atoms with Crippen molar-refractivity contribution < 1.29 is 19.0 Å². The van der Waals surface area contributed by atoms with E-state index in [1.54, 1.807) is 23.1 Å². The highest BCUT2D eigenvalue weighted by molar-refractivity contribution is 5.68. The first-order valence-electron chi connectivity index (χ1n) is 8.64. The van der Waals surface area contributed by atoms with Gasteiger partial charge in [0, 0.05) is 19.2 Å². The zero-order chi connectivity index (χ0) is 17.6. The highest BCUT2D eigenvalue weighted by Crippen LogP contribution is 2.23. The molecule has 1 saturated heterocycles. The molecule has 6 nitrogen and oxygen atoms in total. The third kappa shape index (κ3) is 5.91. The Bertz CT molecular complexity index is 534. The van der Waals surface area contributed by atoms with Crippen LogP contribution < -0.4 is 9.47 Å². The normalized spacial score (nSPS) is 16.0. The number of rotatable bonds is 5. The summed E-state index contributed by atoms with van der Waals surface area (Å²) in [4.78, 5) is 13.8. The van der Waals surface area contributed by atoms with Crippen LogP contribution in [0, 0.1) is 11.1 Å². The van der Waals surface area contributed by atoms with E-state index < -0.39 is 5.60 Å². The molecule has 1 amide bonds. The zero-order valence-corrected chi connectivity index (χ0v) is 14.9. The van der Waals surface area contributed by atoms with Crippen molar-refractivity contribution in [1.29, 1.82) is 0 Å². The molecule has 0 aromatic carbocycles. The van der Waals surface area contributed by atoms with Crippen LogP contribution in [0.5, 0.6) is 5.88 Å². The van der Waals surface area contributed by atoms with Crippen molar-refractivity contribution in [1.82, 2.24) is 4.90 Å². The van der Waals surface area contributed by atoms with E-state index in [-0.39, 0.29) is 6.09 Å². The molecule has 2 rings (SSSR count). The zero-order valence-electron chi connectivity index (χ0n) is 14.9. The molecule has 1 aromatic heterocycles. The molecule has 1 fully saturated rings. The van der Waals surface area contributed by atoms with Crippen LogP contribution in [0.15, 0.2) is 24.4 Å². The first-order valence-corrected chi connectivity index (χ1v) is 8.64. The van der Waals surface area contributed by atoms with Gasteiger partial charge >= 0.3 is 12.0 Å².